The van der Waals surface area contributed by atoms with Crippen molar-refractivity contribution >= 4 is 0 Å². The van der Waals surface area contributed by atoms with E-state index < -0.39 is 0 Å². The summed E-state index contributed by atoms with van der Waals surface area (Å²) in [6.07, 6.45) is 3.10. The molecule has 3 nitrogen and oxygen atoms in total. The minimum absolute atomic E-state index is 0.157. The van der Waals surface area contributed by atoms with Gasteiger partial charge in [-0.3, -0.25) is 0 Å². The first-order chi connectivity index (χ1) is 3.97. The van der Waals surface area contributed by atoms with Crippen LogP contribution in [0.2, 0.25) is 0 Å². The fourth-order valence-corrected chi connectivity index (χ4v) is 0.639. The lowest BCUT2D eigenvalue weighted by molar-refractivity contribution is -0.0412. The maximum atomic E-state index is 4.95. The monoisotopic (exact) mass is 114 g/mol. The van der Waals surface area contributed by atoms with Crippen molar-refractivity contribution in [3.63, 3.8) is 0 Å². The zero-order chi connectivity index (χ0) is 5.40. The molecule has 1 atom stereocenters. The third-order valence-electron chi connectivity index (χ3n) is 1.14. The van der Waals surface area contributed by atoms with Crippen molar-refractivity contribution in [3.05, 3.63) is 12.5 Å². The van der Waals surface area contributed by atoms with Crippen molar-refractivity contribution in [2.24, 2.45) is 0 Å². The van der Waals surface area contributed by atoms with Crippen molar-refractivity contribution in [2.75, 3.05) is 6.61 Å². The van der Waals surface area contributed by atoms with Crippen molar-refractivity contribution < 1.29 is 14.2 Å². The van der Waals surface area contributed by atoms with Gasteiger partial charge in [-0.15, -0.1) is 0 Å². The molecule has 2 aliphatic heterocycles. The minimum atomic E-state index is -0.157. The van der Waals surface area contributed by atoms with Gasteiger partial charge in [-0.25, -0.2) is 0 Å². The zero-order valence-electron chi connectivity index (χ0n) is 4.24. The lowest BCUT2D eigenvalue weighted by Crippen LogP contribution is -2.14. The van der Waals surface area contributed by atoms with Crippen LogP contribution in [-0.2, 0) is 14.2 Å². The Morgan fingerprint density at radius 1 is 1.25 bits per heavy atom. The number of ether oxygens (including phenoxy) is 3. The molecular weight excluding hydrogens is 108 g/mol. The molecule has 2 heterocycles. The first-order valence-corrected chi connectivity index (χ1v) is 2.54. The summed E-state index contributed by atoms with van der Waals surface area (Å²) in [5, 5.41) is 0. The highest BCUT2D eigenvalue weighted by molar-refractivity contribution is 4.82. The molecule has 0 radical (unpaired) electrons. The summed E-state index contributed by atoms with van der Waals surface area (Å²) in [6.45, 7) is 0.770. The lowest BCUT2D eigenvalue weighted by atomic mass is 10.5. The van der Waals surface area contributed by atoms with E-state index in [0.29, 0.717) is 0 Å². The molecule has 2 aliphatic rings. The predicted molar refractivity (Wildman–Crippen MR) is 24.8 cm³/mol. The number of hydrogen-bond acceptors (Lipinski definition) is 3. The molecule has 0 saturated carbocycles. The van der Waals surface area contributed by atoms with Crippen molar-refractivity contribution in [1.29, 1.82) is 0 Å². The Labute approximate surface area is 46.8 Å². The Morgan fingerprint density at radius 2 is 1.88 bits per heavy atom. The Bertz CT molecular complexity index is 109. The number of rotatable bonds is 1. The molecule has 0 aromatic rings. The summed E-state index contributed by atoms with van der Waals surface area (Å²) in [7, 11) is 0. The molecule has 0 aromatic carbocycles. The van der Waals surface area contributed by atoms with Crippen molar-refractivity contribution in [3.8, 4) is 0 Å². The Morgan fingerprint density at radius 3 is 2.38 bits per heavy atom. The fraction of sp³-hybridized carbons (Fsp3) is 0.600. The van der Waals surface area contributed by atoms with E-state index in [9.17, 15) is 0 Å². The molecule has 1 unspecified atom stereocenters. The Balaban J connectivity index is 1.90. The molecule has 2 rings (SSSR count). The van der Waals surface area contributed by atoms with Gasteiger partial charge in [-0.05, 0) is 0 Å². The molecule has 3 heteroatoms. The van der Waals surface area contributed by atoms with Crippen LogP contribution < -0.4 is 0 Å². The first kappa shape index (κ1) is 4.21. The summed E-state index contributed by atoms with van der Waals surface area (Å²) in [5.41, 5.74) is 0. The average molecular weight is 114 g/mol. The predicted octanol–water partition coefficient (Wildman–Crippen LogP) is 0.229. The molecule has 0 aliphatic carbocycles. The van der Waals surface area contributed by atoms with Crippen LogP contribution in [0.4, 0.5) is 0 Å². The number of hydrogen-bond donors (Lipinski definition) is 0. The van der Waals surface area contributed by atoms with Gasteiger partial charge in [0.15, 0.2) is 6.10 Å². The highest BCUT2D eigenvalue weighted by atomic mass is 16.7. The maximum Gasteiger partial charge on any atom is 0.267 e. The third-order valence-corrected chi connectivity index (χ3v) is 1.14. The van der Waals surface area contributed by atoms with Crippen LogP contribution in [0, 0.1) is 0 Å². The summed E-state index contributed by atoms with van der Waals surface area (Å²) in [5.74, 6) is 0. The lowest BCUT2D eigenvalue weighted by Gasteiger charge is -2.03. The fourth-order valence-electron chi connectivity index (χ4n) is 0.639. The molecule has 1 saturated heterocycles. The van der Waals surface area contributed by atoms with Crippen molar-refractivity contribution in [1.82, 2.24) is 0 Å². The molecule has 0 N–H and O–H groups in total. The largest absolute Gasteiger partial charge is 0.457 e. The van der Waals surface area contributed by atoms with E-state index >= 15 is 0 Å². The molecular formula is C5H6O3. The van der Waals surface area contributed by atoms with Gasteiger partial charge in [0, 0.05) is 0 Å². The highest BCUT2D eigenvalue weighted by Gasteiger charge is 2.36. The van der Waals surface area contributed by atoms with E-state index in [0.717, 1.165) is 6.61 Å². The van der Waals surface area contributed by atoms with Gasteiger partial charge in [0.2, 0.25) is 0 Å². The second-order valence-corrected chi connectivity index (χ2v) is 1.78. The average Bonchev–Trinajstić information content (AvgIpc) is 2.49. The standard InChI is InChI=1S/C5H6O3/c1-2-7-5(6-1)4-3-8-4/h1-2,4-5H,3H2. The third kappa shape index (κ3) is 0.554. The van der Waals surface area contributed by atoms with Gasteiger partial charge in [0.05, 0.1) is 6.61 Å². The minimum Gasteiger partial charge on any atom is -0.457 e. The quantitative estimate of drug-likeness (QED) is 0.457. The molecule has 0 spiro atoms. The Kier molecular flexibility index (Phi) is 0.729. The van der Waals surface area contributed by atoms with Crippen LogP contribution >= 0.6 is 0 Å². The Hall–Kier alpha value is -0.700. The summed E-state index contributed by atoms with van der Waals surface area (Å²) in [4.78, 5) is 0. The van der Waals surface area contributed by atoms with Crippen LogP contribution in [0.3, 0.4) is 0 Å². The van der Waals surface area contributed by atoms with E-state index in [1.165, 1.54) is 12.5 Å². The van der Waals surface area contributed by atoms with Gasteiger partial charge in [0.1, 0.15) is 12.5 Å². The van der Waals surface area contributed by atoms with Gasteiger partial charge in [0.25, 0.3) is 6.29 Å². The van der Waals surface area contributed by atoms with Gasteiger partial charge < -0.3 is 14.2 Å². The van der Waals surface area contributed by atoms with Crippen molar-refractivity contribution in [2.45, 2.75) is 12.4 Å². The molecule has 1 fully saturated rings. The normalized spacial score (nSPS) is 34.2. The summed E-state index contributed by atoms with van der Waals surface area (Å²) in [6, 6.07) is 0. The van der Waals surface area contributed by atoms with E-state index in [4.69, 9.17) is 14.2 Å². The zero-order valence-corrected chi connectivity index (χ0v) is 4.24. The summed E-state index contributed by atoms with van der Waals surface area (Å²) >= 11 is 0. The molecule has 0 bridgehead atoms. The SMILES string of the molecule is C1=COC(C2CO2)O1. The van der Waals surface area contributed by atoms with Crippen LogP contribution in [0.1, 0.15) is 0 Å². The molecule has 44 valence electrons. The van der Waals surface area contributed by atoms with Crippen LogP contribution in [0.25, 0.3) is 0 Å². The van der Waals surface area contributed by atoms with Gasteiger partial charge in [-0.1, -0.05) is 0 Å². The topological polar surface area (TPSA) is 31.0 Å². The van der Waals surface area contributed by atoms with Gasteiger partial charge in [-0.2, -0.15) is 0 Å². The second kappa shape index (κ2) is 1.39. The van der Waals surface area contributed by atoms with Crippen LogP contribution in [-0.4, -0.2) is 19.0 Å². The van der Waals surface area contributed by atoms with Crippen LogP contribution in [0.15, 0.2) is 12.5 Å². The highest BCUT2D eigenvalue weighted by Crippen LogP contribution is 2.21. The second-order valence-electron chi connectivity index (χ2n) is 1.78. The molecule has 0 amide bonds. The summed E-state index contributed by atoms with van der Waals surface area (Å²) < 4.78 is 14.8. The van der Waals surface area contributed by atoms with E-state index in [-0.39, 0.29) is 12.4 Å². The van der Waals surface area contributed by atoms with E-state index in [2.05, 4.69) is 0 Å². The number of epoxide rings is 1. The smallest absolute Gasteiger partial charge is 0.267 e. The maximum absolute atomic E-state index is 4.95. The van der Waals surface area contributed by atoms with E-state index in [1.807, 2.05) is 0 Å². The van der Waals surface area contributed by atoms with Gasteiger partial charge >= 0.3 is 0 Å². The first-order valence-electron chi connectivity index (χ1n) is 2.54. The molecule has 0 aromatic heterocycles. The van der Waals surface area contributed by atoms with E-state index in [1.54, 1.807) is 0 Å². The molecule has 8 heavy (non-hydrogen) atoms. The van der Waals surface area contributed by atoms with Crippen LogP contribution in [0.5, 0.6) is 0 Å².